The van der Waals surface area contributed by atoms with Crippen LogP contribution < -0.4 is 10.2 Å². The Morgan fingerprint density at radius 3 is 2.42 bits per heavy atom. The van der Waals surface area contributed by atoms with Crippen molar-refractivity contribution in [2.24, 2.45) is 0 Å². The average Bonchev–Trinajstić information content (AvgIpc) is 2.32. The molecule has 0 bridgehead atoms. The van der Waals surface area contributed by atoms with E-state index < -0.39 is 18.5 Å². The maximum absolute atomic E-state index is 13.9. The molecule has 0 atom stereocenters. The van der Waals surface area contributed by atoms with Crippen LogP contribution in [0.5, 0.6) is 0 Å². The summed E-state index contributed by atoms with van der Waals surface area (Å²) in [4.78, 5) is 1.02. The highest BCUT2D eigenvalue weighted by molar-refractivity contribution is 5.55. The number of halogens is 4. The highest BCUT2D eigenvalue weighted by Crippen LogP contribution is 2.28. The number of benzene rings is 1. The van der Waals surface area contributed by atoms with Crippen molar-refractivity contribution in [1.82, 2.24) is 5.32 Å². The Bertz CT molecular complexity index is 404. The van der Waals surface area contributed by atoms with Gasteiger partial charge in [-0.05, 0) is 25.1 Å². The van der Waals surface area contributed by atoms with E-state index in [4.69, 9.17) is 0 Å². The van der Waals surface area contributed by atoms with E-state index in [-0.39, 0.29) is 12.2 Å². The molecule has 0 heterocycles. The van der Waals surface area contributed by atoms with E-state index in [9.17, 15) is 17.6 Å². The van der Waals surface area contributed by atoms with Crippen molar-refractivity contribution in [1.29, 1.82) is 0 Å². The second-order valence-corrected chi connectivity index (χ2v) is 4.16. The monoisotopic (exact) mass is 278 g/mol. The van der Waals surface area contributed by atoms with Gasteiger partial charge in [0.1, 0.15) is 12.4 Å². The van der Waals surface area contributed by atoms with E-state index in [0.717, 1.165) is 4.90 Å². The first-order chi connectivity index (χ1) is 8.89. The molecule has 108 valence electrons. The van der Waals surface area contributed by atoms with Gasteiger partial charge in [0.25, 0.3) is 0 Å². The molecule has 6 heteroatoms. The summed E-state index contributed by atoms with van der Waals surface area (Å²) in [5, 5.41) is 3.00. The zero-order valence-electron chi connectivity index (χ0n) is 11.0. The lowest BCUT2D eigenvalue weighted by Crippen LogP contribution is -2.35. The van der Waals surface area contributed by atoms with Gasteiger partial charge in [0.2, 0.25) is 0 Å². The predicted octanol–water partition coefficient (Wildman–Crippen LogP) is 3.32. The molecular formula is C13H18F4N2. The van der Waals surface area contributed by atoms with E-state index in [0.29, 0.717) is 18.7 Å². The first kappa shape index (κ1) is 15.8. The quantitative estimate of drug-likeness (QED) is 0.803. The molecule has 0 unspecified atom stereocenters. The van der Waals surface area contributed by atoms with Gasteiger partial charge in [-0.3, -0.25) is 0 Å². The lowest BCUT2D eigenvalue weighted by atomic mass is 10.1. The Labute approximate surface area is 110 Å². The summed E-state index contributed by atoms with van der Waals surface area (Å²) in [5.41, 5.74) is 0.566. The number of alkyl halides is 3. The van der Waals surface area contributed by atoms with Crippen LogP contribution >= 0.6 is 0 Å². The van der Waals surface area contributed by atoms with Crippen LogP contribution in [-0.2, 0) is 6.54 Å². The van der Waals surface area contributed by atoms with Crippen LogP contribution in [0.25, 0.3) is 0 Å². The summed E-state index contributed by atoms with van der Waals surface area (Å²) in [6, 6.07) is 4.33. The van der Waals surface area contributed by atoms with Gasteiger partial charge in [0, 0.05) is 13.1 Å². The zero-order chi connectivity index (χ0) is 14.5. The van der Waals surface area contributed by atoms with Crippen molar-refractivity contribution in [3.8, 4) is 0 Å². The molecule has 0 amide bonds. The molecule has 1 rings (SSSR count). The Morgan fingerprint density at radius 2 is 1.89 bits per heavy atom. The Kier molecular flexibility index (Phi) is 5.60. The lowest BCUT2D eigenvalue weighted by Gasteiger charge is -2.27. The van der Waals surface area contributed by atoms with Crippen molar-refractivity contribution < 1.29 is 17.6 Å². The van der Waals surface area contributed by atoms with Crippen LogP contribution in [0.3, 0.4) is 0 Å². The SMILES string of the molecule is CCNCc1cccc(F)c1N(CC)CC(F)(F)F. The van der Waals surface area contributed by atoms with Crippen molar-refractivity contribution >= 4 is 5.69 Å². The molecule has 1 aromatic rings. The van der Waals surface area contributed by atoms with Gasteiger partial charge >= 0.3 is 6.18 Å². The standard InChI is InChI=1S/C13H18F4N2/c1-3-18-8-10-6-5-7-11(14)12(10)19(4-2)9-13(15,16)17/h5-7,18H,3-4,8-9H2,1-2H3. The number of hydrogen-bond donors (Lipinski definition) is 1. The maximum atomic E-state index is 13.9. The van der Waals surface area contributed by atoms with Crippen LogP contribution in [0.4, 0.5) is 23.2 Å². The fraction of sp³-hybridized carbons (Fsp3) is 0.538. The minimum Gasteiger partial charge on any atom is -0.360 e. The second kappa shape index (κ2) is 6.75. The zero-order valence-corrected chi connectivity index (χ0v) is 11.0. The van der Waals surface area contributed by atoms with Gasteiger partial charge in [-0.25, -0.2) is 4.39 Å². The number of anilines is 1. The highest BCUT2D eigenvalue weighted by Gasteiger charge is 2.31. The lowest BCUT2D eigenvalue weighted by molar-refractivity contribution is -0.119. The van der Waals surface area contributed by atoms with Gasteiger partial charge in [-0.2, -0.15) is 13.2 Å². The number of hydrogen-bond acceptors (Lipinski definition) is 2. The third-order valence-electron chi connectivity index (χ3n) is 2.70. The van der Waals surface area contributed by atoms with Crippen LogP contribution in [0.2, 0.25) is 0 Å². The summed E-state index contributed by atoms with van der Waals surface area (Å²) >= 11 is 0. The first-order valence-corrected chi connectivity index (χ1v) is 6.18. The topological polar surface area (TPSA) is 15.3 Å². The van der Waals surface area contributed by atoms with E-state index >= 15 is 0 Å². The van der Waals surface area contributed by atoms with E-state index in [1.165, 1.54) is 12.1 Å². The predicted molar refractivity (Wildman–Crippen MR) is 67.7 cm³/mol. The Hall–Kier alpha value is -1.30. The minimum atomic E-state index is -4.35. The Morgan fingerprint density at radius 1 is 1.21 bits per heavy atom. The van der Waals surface area contributed by atoms with Crippen LogP contribution in [0, 0.1) is 5.82 Å². The van der Waals surface area contributed by atoms with E-state index in [1.54, 1.807) is 13.0 Å². The maximum Gasteiger partial charge on any atom is 0.405 e. The Balaban J connectivity index is 3.06. The van der Waals surface area contributed by atoms with E-state index in [2.05, 4.69) is 5.32 Å². The molecular weight excluding hydrogens is 260 g/mol. The molecule has 19 heavy (non-hydrogen) atoms. The largest absolute Gasteiger partial charge is 0.405 e. The fourth-order valence-corrected chi connectivity index (χ4v) is 1.88. The molecule has 0 saturated carbocycles. The molecule has 1 aromatic carbocycles. The molecule has 0 spiro atoms. The number of rotatable bonds is 6. The van der Waals surface area contributed by atoms with Crippen molar-refractivity contribution in [3.63, 3.8) is 0 Å². The number of nitrogens with one attached hydrogen (secondary N) is 1. The van der Waals surface area contributed by atoms with Crippen LogP contribution in [0.15, 0.2) is 18.2 Å². The van der Waals surface area contributed by atoms with Gasteiger partial charge < -0.3 is 10.2 Å². The summed E-state index contributed by atoms with van der Waals surface area (Å²) in [7, 11) is 0. The highest BCUT2D eigenvalue weighted by atomic mass is 19.4. The van der Waals surface area contributed by atoms with Gasteiger partial charge in [-0.15, -0.1) is 0 Å². The molecule has 0 radical (unpaired) electrons. The van der Waals surface area contributed by atoms with E-state index in [1.807, 2.05) is 6.92 Å². The van der Waals surface area contributed by atoms with Crippen molar-refractivity contribution in [2.45, 2.75) is 26.6 Å². The summed E-state index contributed by atoms with van der Waals surface area (Å²) in [5.74, 6) is -0.624. The molecule has 0 aromatic heterocycles. The molecule has 1 N–H and O–H groups in total. The summed E-state index contributed by atoms with van der Waals surface area (Å²) in [6.45, 7) is 3.42. The third kappa shape index (κ3) is 4.70. The van der Waals surface area contributed by atoms with Crippen LogP contribution in [0.1, 0.15) is 19.4 Å². The first-order valence-electron chi connectivity index (χ1n) is 6.18. The fourth-order valence-electron chi connectivity index (χ4n) is 1.88. The van der Waals surface area contributed by atoms with Crippen molar-refractivity contribution in [3.05, 3.63) is 29.6 Å². The minimum absolute atomic E-state index is 0.0308. The number of nitrogens with zero attached hydrogens (tertiary/aromatic N) is 1. The number of para-hydroxylation sites is 1. The van der Waals surface area contributed by atoms with Gasteiger partial charge in [-0.1, -0.05) is 19.1 Å². The smallest absolute Gasteiger partial charge is 0.360 e. The molecule has 2 nitrogen and oxygen atoms in total. The third-order valence-corrected chi connectivity index (χ3v) is 2.70. The molecule has 0 fully saturated rings. The van der Waals surface area contributed by atoms with Crippen molar-refractivity contribution in [2.75, 3.05) is 24.5 Å². The summed E-state index contributed by atoms with van der Waals surface area (Å²) in [6.07, 6.45) is -4.35. The molecule has 0 aliphatic rings. The molecule has 0 aliphatic carbocycles. The van der Waals surface area contributed by atoms with Crippen LogP contribution in [-0.4, -0.2) is 25.8 Å². The average molecular weight is 278 g/mol. The van der Waals surface area contributed by atoms with Gasteiger partial charge in [0.05, 0.1) is 5.69 Å². The molecule has 0 aliphatic heterocycles. The second-order valence-electron chi connectivity index (χ2n) is 4.16. The normalized spacial score (nSPS) is 11.7. The van der Waals surface area contributed by atoms with Gasteiger partial charge in [0.15, 0.2) is 0 Å². The molecule has 0 saturated heterocycles. The summed E-state index contributed by atoms with van der Waals surface area (Å²) < 4.78 is 51.4.